The van der Waals surface area contributed by atoms with Gasteiger partial charge < -0.3 is 4.74 Å². The zero-order valence-electron chi connectivity index (χ0n) is 11.0. The van der Waals surface area contributed by atoms with E-state index in [1.807, 2.05) is 0 Å². The van der Waals surface area contributed by atoms with Gasteiger partial charge in [-0.15, -0.1) is 0 Å². The fourth-order valence-corrected chi connectivity index (χ4v) is 1.85. The standard InChI is InChI=1S/C15H22O2/c1-4-5-6-7-15(17-13(3)16)14-10-8-12(2)9-11-14/h8-11,15H,4-7H2,1-3H3. The van der Waals surface area contributed by atoms with Crippen molar-refractivity contribution >= 4 is 5.97 Å². The summed E-state index contributed by atoms with van der Waals surface area (Å²) in [5.41, 5.74) is 2.32. The van der Waals surface area contributed by atoms with Gasteiger partial charge in [-0.2, -0.15) is 0 Å². The van der Waals surface area contributed by atoms with Gasteiger partial charge in [-0.3, -0.25) is 4.79 Å². The lowest BCUT2D eigenvalue weighted by Gasteiger charge is -2.17. The molecule has 2 heteroatoms. The molecule has 0 aliphatic rings. The second kappa shape index (κ2) is 7.10. The molecule has 1 rings (SSSR count). The molecule has 1 unspecified atom stereocenters. The molecule has 0 saturated heterocycles. The summed E-state index contributed by atoms with van der Waals surface area (Å²) < 4.78 is 5.38. The van der Waals surface area contributed by atoms with Gasteiger partial charge >= 0.3 is 5.97 Å². The number of rotatable bonds is 6. The van der Waals surface area contributed by atoms with E-state index >= 15 is 0 Å². The minimum Gasteiger partial charge on any atom is -0.458 e. The predicted molar refractivity (Wildman–Crippen MR) is 69.8 cm³/mol. The van der Waals surface area contributed by atoms with Crippen LogP contribution >= 0.6 is 0 Å². The number of ether oxygens (including phenoxy) is 1. The second-order valence-electron chi connectivity index (χ2n) is 4.50. The molecule has 1 aromatic carbocycles. The highest BCUT2D eigenvalue weighted by atomic mass is 16.5. The van der Waals surface area contributed by atoms with Crippen LogP contribution < -0.4 is 0 Å². The molecule has 0 saturated carbocycles. The third-order valence-corrected chi connectivity index (χ3v) is 2.83. The first kappa shape index (κ1) is 13.8. The smallest absolute Gasteiger partial charge is 0.303 e. The molecule has 2 nitrogen and oxygen atoms in total. The van der Waals surface area contributed by atoms with E-state index in [2.05, 4.69) is 38.1 Å². The van der Waals surface area contributed by atoms with Crippen LogP contribution in [0, 0.1) is 6.92 Å². The zero-order chi connectivity index (χ0) is 12.7. The Balaban J connectivity index is 2.67. The minimum atomic E-state index is -0.202. The van der Waals surface area contributed by atoms with Crippen LogP contribution in [0.2, 0.25) is 0 Å². The Morgan fingerprint density at radius 1 is 1.24 bits per heavy atom. The molecular formula is C15H22O2. The zero-order valence-corrected chi connectivity index (χ0v) is 11.0. The molecule has 1 atom stereocenters. The van der Waals surface area contributed by atoms with E-state index in [1.165, 1.54) is 25.3 Å². The SMILES string of the molecule is CCCCCC(OC(C)=O)c1ccc(C)cc1. The Hall–Kier alpha value is -1.31. The molecule has 0 amide bonds. The van der Waals surface area contributed by atoms with Gasteiger partial charge in [-0.25, -0.2) is 0 Å². The molecule has 1 aromatic rings. The summed E-state index contributed by atoms with van der Waals surface area (Å²) in [5.74, 6) is -0.202. The van der Waals surface area contributed by atoms with Crippen LogP contribution in [0.25, 0.3) is 0 Å². The summed E-state index contributed by atoms with van der Waals surface area (Å²) in [5, 5.41) is 0. The van der Waals surface area contributed by atoms with E-state index in [4.69, 9.17) is 4.74 Å². The average molecular weight is 234 g/mol. The van der Waals surface area contributed by atoms with Crippen molar-refractivity contribution in [2.75, 3.05) is 0 Å². The first-order valence-electron chi connectivity index (χ1n) is 6.37. The molecule has 0 bridgehead atoms. The second-order valence-corrected chi connectivity index (χ2v) is 4.50. The number of hydrogen-bond acceptors (Lipinski definition) is 2. The quantitative estimate of drug-likeness (QED) is 0.545. The lowest BCUT2D eigenvalue weighted by molar-refractivity contribution is -0.147. The maximum atomic E-state index is 11.1. The Morgan fingerprint density at radius 2 is 1.88 bits per heavy atom. The van der Waals surface area contributed by atoms with Crippen LogP contribution in [-0.2, 0) is 9.53 Å². The summed E-state index contributed by atoms with van der Waals surface area (Å²) >= 11 is 0. The highest BCUT2D eigenvalue weighted by Gasteiger charge is 2.13. The van der Waals surface area contributed by atoms with Crippen molar-refractivity contribution in [3.8, 4) is 0 Å². The first-order chi connectivity index (χ1) is 8.13. The topological polar surface area (TPSA) is 26.3 Å². The van der Waals surface area contributed by atoms with E-state index in [9.17, 15) is 4.79 Å². The largest absolute Gasteiger partial charge is 0.458 e. The molecule has 0 spiro atoms. The summed E-state index contributed by atoms with van der Waals surface area (Å²) in [6, 6.07) is 8.22. The number of esters is 1. The summed E-state index contributed by atoms with van der Waals surface area (Å²) in [4.78, 5) is 11.1. The molecule has 0 N–H and O–H groups in total. The fourth-order valence-electron chi connectivity index (χ4n) is 1.85. The fraction of sp³-hybridized carbons (Fsp3) is 0.533. The van der Waals surface area contributed by atoms with Gasteiger partial charge in [0, 0.05) is 6.92 Å². The van der Waals surface area contributed by atoms with Gasteiger partial charge in [-0.1, -0.05) is 49.6 Å². The van der Waals surface area contributed by atoms with Gasteiger partial charge in [-0.05, 0) is 25.3 Å². The normalized spacial score (nSPS) is 12.2. The third-order valence-electron chi connectivity index (χ3n) is 2.83. The molecule has 17 heavy (non-hydrogen) atoms. The molecule has 94 valence electrons. The van der Waals surface area contributed by atoms with Crippen LogP contribution in [0.5, 0.6) is 0 Å². The number of benzene rings is 1. The van der Waals surface area contributed by atoms with Crippen molar-refractivity contribution in [3.05, 3.63) is 35.4 Å². The number of carbonyl (C=O) groups excluding carboxylic acids is 1. The Labute approximate surface area is 104 Å². The van der Waals surface area contributed by atoms with Gasteiger partial charge in [0.2, 0.25) is 0 Å². The number of unbranched alkanes of at least 4 members (excludes halogenated alkanes) is 2. The molecule has 0 aliphatic carbocycles. The molecule has 0 aromatic heterocycles. The molecule has 0 aliphatic heterocycles. The Morgan fingerprint density at radius 3 is 2.41 bits per heavy atom. The number of aryl methyl sites for hydroxylation is 1. The van der Waals surface area contributed by atoms with E-state index in [-0.39, 0.29) is 12.1 Å². The monoisotopic (exact) mass is 234 g/mol. The van der Waals surface area contributed by atoms with Crippen molar-refractivity contribution < 1.29 is 9.53 Å². The van der Waals surface area contributed by atoms with Crippen LogP contribution in [0.1, 0.15) is 56.8 Å². The summed E-state index contributed by atoms with van der Waals surface area (Å²) in [6.45, 7) is 5.70. The highest BCUT2D eigenvalue weighted by Crippen LogP contribution is 2.24. The van der Waals surface area contributed by atoms with Crippen LogP contribution in [0.3, 0.4) is 0 Å². The molecular weight excluding hydrogens is 212 g/mol. The first-order valence-corrected chi connectivity index (χ1v) is 6.37. The predicted octanol–water partition coefficient (Wildman–Crippen LogP) is 4.18. The van der Waals surface area contributed by atoms with Crippen LogP contribution in [0.4, 0.5) is 0 Å². The highest BCUT2D eigenvalue weighted by molar-refractivity contribution is 5.66. The Kier molecular flexibility index (Phi) is 5.75. The van der Waals surface area contributed by atoms with Gasteiger partial charge in [0.05, 0.1) is 0 Å². The van der Waals surface area contributed by atoms with E-state index in [1.54, 1.807) is 0 Å². The van der Waals surface area contributed by atoms with Crippen molar-refractivity contribution in [2.45, 2.75) is 52.6 Å². The van der Waals surface area contributed by atoms with Crippen LogP contribution in [-0.4, -0.2) is 5.97 Å². The average Bonchev–Trinajstić information content (AvgIpc) is 2.28. The maximum Gasteiger partial charge on any atom is 0.303 e. The number of hydrogen-bond donors (Lipinski definition) is 0. The lowest BCUT2D eigenvalue weighted by atomic mass is 10.0. The van der Waals surface area contributed by atoms with E-state index < -0.39 is 0 Å². The van der Waals surface area contributed by atoms with Gasteiger partial charge in [0.15, 0.2) is 0 Å². The van der Waals surface area contributed by atoms with Gasteiger partial charge in [0.1, 0.15) is 6.10 Å². The summed E-state index contributed by atoms with van der Waals surface area (Å²) in [6.07, 6.45) is 4.29. The van der Waals surface area contributed by atoms with E-state index in [0.717, 1.165) is 18.4 Å². The molecule has 0 heterocycles. The maximum absolute atomic E-state index is 11.1. The number of carbonyl (C=O) groups is 1. The molecule has 0 radical (unpaired) electrons. The van der Waals surface area contributed by atoms with Crippen LogP contribution in [0.15, 0.2) is 24.3 Å². The lowest BCUT2D eigenvalue weighted by Crippen LogP contribution is -2.08. The van der Waals surface area contributed by atoms with Crippen molar-refractivity contribution in [3.63, 3.8) is 0 Å². The third kappa shape index (κ3) is 5.03. The Bertz CT molecular complexity index is 340. The van der Waals surface area contributed by atoms with Gasteiger partial charge in [0.25, 0.3) is 0 Å². The minimum absolute atomic E-state index is 0.0837. The van der Waals surface area contributed by atoms with Crippen molar-refractivity contribution in [2.24, 2.45) is 0 Å². The van der Waals surface area contributed by atoms with E-state index in [0.29, 0.717) is 0 Å². The van der Waals surface area contributed by atoms with Crippen molar-refractivity contribution in [1.29, 1.82) is 0 Å². The van der Waals surface area contributed by atoms with Crippen molar-refractivity contribution in [1.82, 2.24) is 0 Å². The molecule has 0 fully saturated rings. The summed E-state index contributed by atoms with van der Waals surface area (Å²) in [7, 11) is 0.